The highest BCUT2D eigenvalue weighted by Gasteiger charge is 2.18. The molecule has 23 heavy (non-hydrogen) atoms. The highest BCUT2D eigenvalue weighted by atomic mass is 35.5. The van der Waals surface area contributed by atoms with E-state index in [1.165, 1.54) is 31.1 Å². The molecular weight excluding hydrogens is 343 g/mol. The smallest absolute Gasteiger partial charge is 0.274 e. The molecule has 0 radical (unpaired) electrons. The lowest BCUT2D eigenvalue weighted by Crippen LogP contribution is -2.30. The molecule has 1 N–H and O–H groups in total. The first-order chi connectivity index (χ1) is 10.9. The number of nitrogens with zero attached hydrogens (tertiary/aromatic N) is 5. The van der Waals surface area contributed by atoms with Gasteiger partial charge in [-0.15, -0.1) is 10.2 Å². The summed E-state index contributed by atoms with van der Waals surface area (Å²) < 4.78 is 1.18. The summed E-state index contributed by atoms with van der Waals surface area (Å²) in [5.41, 5.74) is 2.89. The van der Waals surface area contributed by atoms with Gasteiger partial charge in [0.05, 0.1) is 16.3 Å². The number of nitrogens with one attached hydrogen (secondary N) is 1. The maximum atomic E-state index is 11.8. The second kappa shape index (κ2) is 7.21. The Morgan fingerprint density at radius 1 is 1.30 bits per heavy atom. The molecule has 0 bridgehead atoms. The van der Waals surface area contributed by atoms with Crippen molar-refractivity contribution in [3.8, 4) is 0 Å². The number of hydrogen-bond donors (Lipinski definition) is 1. The van der Waals surface area contributed by atoms with Crippen LogP contribution in [0.4, 0.5) is 5.95 Å². The average molecular weight is 355 g/mol. The lowest BCUT2D eigenvalue weighted by atomic mass is 10.2. The Morgan fingerprint density at radius 2 is 1.96 bits per heavy atom. The monoisotopic (exact) mass is 354 g/mol. The number of rotatable bonds is 4. The minimum Gasteiger partial charge on any atom is -0.274 e. The van der Waals surface area contributed by atoms with Crippen molar-refractivity contribution in [2.75, 3.05) is 10.4 Å². The third-order valence-corrected chi connectivity index (χ3v) is 3.26. The Balaban J connectivity index is 2.37. The van der Waals surface area contributed by atoms with Gasteiger partial charge in [0, 0.05) is 19.4 Å². The molecule has 10 heteroatoms. The predicted octanol–water partition coefficient (Wildman–Crippen LogP) is 2.06. The van der Waals surface area contributed by atoms with Crippen LogP contribution in [0.3, 0.4) is 0 Å². The second-order valence-electron chi connectivity index (χ2n) is 4.38. The molecule has 0 aliphatic carbocycles. The number of hydrazone groups is 1. The fourth-order valence-corrected chi connectivity index (χ4v) is 2.14. The van der Waals surface area contributed by atoms with Gasteiger partial charge in [-0.05, 0) is 12.1 Å². The first-order valence-electron chi connectivity index (χ1n) is 6.36. The van der Waals surface area contributed by atoms with Crippen LogP contribution in [-0.4, -0.2) is 32.9 Å². The highest BCUT2D eigenvalue weighted by molar-refractivity contribution is 6.38. The average Bonchev–Trinajstić information content (AvgIpc) is 2.89. The van der Waals surface area contributed by atoms with Crippen molar-refractivity contribution in [3.63, 3.8) is 0 Å². The van der Waals surface area contributed by atoms with Crippen LogP contribution in [-0.2, 0) is 9.59 Å². The molecule has 0 saturated heterocycles. The van der Waals surface area contributed by atoms with Gasteiger partial charge < -0.3 is 0 Å². The summed E-state index contributed by atoms with van der Waals surface area (Å²) in [7, 11) is 0. The molecule has 2 aromatic rings. The standard InChI is InChI=1S/C13H12Cl2N6O2/c1-8(22)19-20-7-16-18-13(20)21(9(2)23)17-6-10-11(14)4-3-5-12(10)15/h3-7H,1-2H3,(H,19,22)/b17-6+. The third kappa shape index (κ3) is 4.05. The molecule has 120 valence electrons. The predicted molar refractivity (Wildman–Crippen MR) is 87.3 cm³/mol. The Bertz CT molecular complexity index is 753. The highest BCUT2D eigenvalue weighted by Crippen LogP contribution is 2.22. The Labute approximate surface area is 141 Å². The summed E-state index contributed by atoms with van der Waals surface area (Å²) in [6.45, 7) is 2.60. The van der Waals surface area contributed by atoms with Gasteiger partial charge in [0.25, 0.3) is 5.95 Å². The van der Waals surface area contributed by atoms with Gasteiger partial charge in [-0.25, -0.2) is 4.68 Å². The van der Waals surface area contributed by atoms with Crippen molar-refractivity contribution < 1.29 is 9.59 Å². The summed E-state index contributed by atoms with van der Waals surface area (Å²) >= 11 is 12.1. The van der Waals surface area contributed by atoms with Gasteiger partial charge in [0.15, 0.2) is 0 Å². The van der Waals surface area contributed by atoms with Crippen molar-refractivity contribution in [2.24, 2.45) is 5.10 Å². The van der Waals surface area contributed by atoms with Gasteiger partial charge in [0.2, 0.25) is 11.8 Å². The number of carbonyl (C=O) groups is 2. The minimum absolute atomic E-state index is 0.0205. The van der Waals surface area contributed by atoms with Gasteiger partial charge in [-0.3, -0.25) is 15.0 Å². The van der Waals surface area contributed by atoms with Crippen LogP contribution in [0, 0.1) is 0 Å². The number of amides is 2. The number of benzene rings is 1. The van der Waals surface area contributed by atoms with Crippen LogP contribution in [0.2, 0.25) is 10.0 Å². The molecule has 2 rings (SSSR count). The van der Waals surface area contributed by atoms with Crippen molar-refractivity contribution in [1.29, 1.82) is 0 Å². The van der Waals surface area contributed by atoms with E-state index in [0.717, 1.165) is 5.01 Å². The van der Waals surface area contributed by atoms with Crippen LogP contribution in [0.15, 0.2) is 29.6 Å². The molecule has 8 nitrogen and oxygen atoms in total. The van der Waals surface area contributed by atoms with Crippen molar-refractivity contribution in [3.05, 3.63) is 40.1 Å². The zero-order valence-corrected chi connectivity index (χ0v) is 13.7. The topological polar surface area (TPSA) is 92.5 Å². The van der Waals surface area contributed by atoms with Crippen LogP contribution in [0.5, 0.6) is 0 Å². The summed E-state index contributed by atoms with van der Waals surface area (Å²) in [6.07, 6.45) is 2.57. The molecule has 0 aliphatic heterocycles. The van der Waals surface area contributed by atoms with Gasteiger partial charge in [-0.2, -0.15) is 10.1 Å². The molecular formula is C13H12Cl2N6O2. The quantitative estimate of drug-likeness (QED) is 0.671. The van der Waals surface area contributed by atoms with Crippen molar-refractivity contribution in [1.82, 2.24) is 14.9 Å². The Hall–Kier alpha value is -2.45. The molecule has 0 atom stereocenters. The van der Waals surface area contributed by atoms with Crippen LogP contribution >= 0.6 is 23.2 Å². The van der Waals surface area contributed by atoms with E-state index >= 15 is 0 Å². The van der Waals surface area contributed by atoms with Gasteiger partial charge in [0.1, 0.15) is 6.33 Å². The fraction of sp³-hybridized carbons (Fsp3) is 0.154. The molecule has 1 heterocycles. The lowest BCUT2D eigenvalue weighted by molar-refractivity contribution is -0.117. The van der Waals surface area contributed by atoms with Crippen molar-refractivity contribution in [2.45, 2.75) is 13.8 Å². The molecule has 0 saturated carbocycles. The number of carbonyl (C=O) groups excluding carboxylic acids is 2. The molecule has 2 amide bonds. The zero-order chi connectivity index (χ0) is 17.0. The number of halogens is 2. The third-order valence-electron chi connectivity index (χ3n) is 2.60. The van der Waals surface area contributed by atoms with Crippen LogP contribution in [0.25, 0.3) is 0 Å². The van der Waals surface area contributed by atoms with E-state index in [4.69, 9.17) is 23.2 Å². The first kappa shape index (κ1) is 16.9. The van der Waals surface area contributed by atoms with E-state index in [9.17, 15) is 9.59 Å². The van der Waals surface area contributed by atoms with E-state index in [1.807, 2.05) is 0 Å². The Kier molecular flexibility index (Phi) is 5.30. The summed E-state index contributed by atoms with van der Waals surface area (Å²) in [5.74, 6) is -0.774. The number of aromatic nitrogens is 3. The zero-order valence-electron chi connectivity index (χ0n) is 12.2. The van der Waals surface area contributed by atoms with E-state index in [0.29, 0.717) is 15.6 Å². The molecule has 0 aliphatic rings. The molecule has 0 fully saturated rings. The lowest BCUT2D eigenvalue weighted by Gasteiger charge is -2.15. The fourth-order valence-electron chi connectivity index (χ4n) is 1.65. The van der Waals surface area contributed by atoms with E-state index < -0.39 is 5.91 Å². The summed E-state index contributed by atoms with van der Waals surface area (Å²) in [5, 5.41) is 13.2. The van der Waals surface area contributed by atoms with E-state index in [2.05, 4.69) is 20.7 Å². The molecule has 0 unspecified atom stereocenters. The normalized spacial score (nSPS) is 10.8. The van der Waals surface area contributed by atoms with E-state index in [1.54, 1.807) is 18.2 Å². The molecule has 0 spiro atoms. The minimum atomic E-state index is -0.441. The van der Waals surface area contributed by atoms with Gasteiger partial charge in [-0.1, -0.05) is 29.3 Å². The number of anilines is 1. The summed E-state index contributed by atoms with van der Waals surface area (Å²) in [6, 6.07) is 4.98. The van der Waals surface area contributed by atoms with E-state index in [-0.39, 0.29) is 11.9 Å². The largest absolute Gasteiger partial charge is 0.274 e. The summed E-state index contributed by atoms with van der Waals surface area (Å²) in [4.78, 5) is 23.0. The van der Waals surface area contributed by atoms with Gasteiger partial charge >= 0.3 is 0 Å². The SMILES string of the molecule is CC(=O)Nn1cnnc1N(/N=C/c1c(Cl)cccc1Cl)C(C)=O. The maximum absolute atomic E-state index is 11.8. The van der Waals surface area contributed by atoms with Crippen LogP contribution in [0.1, 0.15) is 19.4 Å². The van der Waals surface area contributed by atoms with Crippen LogP contribution < -0.4 is 10.4 Å². The molecule has 1 aromatic carbocycles. The van der Waals surface area contributed by atoms with Crippen molar-refractivity contribution >= 4 is 47.2 Å². The maximum Gasteiger partial charge on any atom is 0.274 e. The second-order valence-corrected chi connectivity index (χ2v) is 5.19. The Morgan fingerprint density at radius 3 is 2.52 bits per heavy atom. The number of hydrogen-bond acceptors (Lipinski definition) is 5. The molecule has 1 aromatic heterocycles. The first-order valence-corrected chi connectivity index (χ1v) is 7.12.